The molecule has 3 aromatic rings. The maximum absolute atomic E-state index is 8.54. The largest absolute Gasteiger partial charge is 0.354 e. The summed E-state index contributed by atoms with van der Waals surface area (Å²) in [5.74, 6) is 0. The fraction of sp³-hybridized carbons (Fsp3) is 0.480. The SMILES string of the molecule is ONCCCCCCCCCCCCc1c(-c2cccnc2)[nH]c2ccccc12. The van der Waals surface area contributed by atoms with Gasteiger partial charge < -0.3 is 10.2 Å². The lowest BCUT2D eigenvalue weighted by atomic mass is 9.99. The molecular weight excluding hydrogens is 358 g/mol. The zero-order chi connectivity index (χ0) is 20.2. The second kappa shape index (κ2) is 12.4. The van der Waals surface area contributed by atoms with Gasteiger partial charge in [0.25, 0.3) is 0 Å². The number of hydroxylamine groups is 1. The number of hydrogen-bond donors (Lipinski definition) is 3. The standard InChI is InChI=1S/C25H35N3O/c29-27-19-12-8-6-4-2-1-3-5-7-9-16-23-22-15-10-11-17-24(22)28-25(23)21-14-13-18-26-20-21/h10-11,13-15,17-18,20,27-29H,1-9,12,16,19H2. The highest BCUT2D eigenvalue weighted by Gasteiger charge is 2.12. The number of aromatic nitrogens is 2. The van der Waals surface area contributed by atoms with Gasteiger partial charge in [0.15, 0.2) is 0 Å². The van der Waals surface area contributed by atoms with Gasteiger partial charge in [-0.15, -0.1) is 0 Å². The first-order valence-corrected chi connectivity index (χ1v) is 11.3. The van der Waals surface area contributed by atoms with Gasteiger partial charge in [0.2, 0.25) is 0 Å². The monoisotopic (exact) mass is 393 g/mol. The third-order valence-corrected chi connectivity index (χ3v) is 5.73. The highest BCUT2D eigenvalue weighted by Crippen LogP contribution is 2.31. The minimum atomic E-state index is 0.721. The van der Waals surface area contributed by atoms with Crippen LogP contribution in [0.4, 0.5) is 0 Å². The minimum absolute atomic E-state index is 0.721. The van der Waals surface area contributed by atoms with Crippen LogP contribution in [0.2, 0.25) is 0 Å². The molecule has 0 spiro atoms. The van der Waals surface area contributed by atoms with Crippen molar-refractivity contribution in [1.29, 1.82) is 0 Å². The average Bonchev–Trinajstić information content (AvgIpc) is 3.14. The lowest BCUT2D eigenvalue weighted by Crippen LogP contribution is -2.07. The van der Waals surface area contributed by atoms with Gasteiger partial charge in [-0.3, -0.25) is 4.98 Å². The lowest BCUT2D eigenvalue weighted by Gasteiger charge is -2.06. The first-order valence-electron chi connectivity index (χ1n) is 11.3. The van der Waals surface area contributed by atoms with Crippen LogP contribution in [-0.4, -0.2) is 21.7 Å². The van der Waals surface area contributed by atoms with E-state index in [1.807, 2.05) is 18.5 Å². The molecule has 2 heterocycles. The van der Waals surface area contributed by atoms with E-state index in [2.05, 4.69) is 45.8 Å². The van der Waals surface area contributed by atoms with Gasteiger partial charge in [-0.2, -0.15) is 0 Å². The summed E-state index contributed by atoms with van der Waals surface area (Å²) in [6.07, 6.45) is 17.7. The van der Waals surface area contributed by atoms with Gasteiger partial charge in [0.05, 0.1) is 5.69 Å². The third kappa shape index (κ3) is 6.69. The molecule has 156 valence electrons. The number of aromatic amines is 1. The first kappa shape index (κ1) is 21.5. The molecule has 3 rings (SSSR count). The quantitative estimate of drug-likeness (QED) is 0.212. The summed E-state index contributed by atoms with van der Waals surface area (Å²) < 4.78 is 0. The van der Waals surface area contributed by atoms with E-state index in [1.165, 1.54) is 85.5 Å². The summed E-state index contributed by atoms with van der Waals surface area (Å²) in [7, 11) is 0. The van der Waals surface area contributed by atoms with Crippen molar-refractivity contribution in [3.8, 4) is 11.3 Å². The number of pyridine rings is 1. The molecule has 4 nitrogen and oxygen atoms in total. The number of hydrogen-bond acceptors (Lipinski definition) is 3. The van der Waals surface area contributed by atoms with Crippen LogP contribution in [0.5, 0.6) is 0 Å². The first-order chi connectivity index (χ1) is 14.4. The Morgan fingerprint density at radius 2 is 1.48 bits per heavy atom. The Hall–Kier alpha value is -2.17. The van der Waals surface area contributed by atoms with Crippen molar-refractivity contribution in [3.63, 3.8) is 0 Å². The topological polar surface area (TPSA) is 60.9 Å². The van der Waals surface area contributed by atoms with Crippen molar-refractivity contribution >= 4 is 10.9 Å². The molecule has 0 atom stereocenters. The van der Waals surface area contributed by atoms with Crippen LogP contribution in [-0.2, 0) is 6.42 Å². The molecule has 0 aliphatic rings. The lowest BCUT2D eigenvalue weighted by molar-refractivity contribution is 0.164. The van der Waals surface area contributed by atoms with Crippen LogP contribution in [0.25, 0.3) is 22.2 Å². The summed E-state index contributed by atoms with van der Waals surface area (Å²) in [5.41, 5.74) is 7.29. The maximum Gasteiger partial charge on any atom is 0.0512 e. The molecule has 0 bridgehead atoms. The van der Waals surface area contributed by atoms with Crippen LogP contribution in [0.3, 0.4) is 0 Å². The Bertz CT molecular complexity index is 828. The van der Waals surface area contributed by atoms with Gasteiger partial charge in [-0.05, 0) is 43.0 Å². The summed E-state index contributed by atoms with van der Waals surface area (Å²) >= 11 is 0. The van der Waals surface area contributed by atoms with Crippen molar-refractivity contribution in [1.82, 2.24) is 15.4 Å². The Labute approximate surface area is 174 Å². The van der Waals surface area contributed by atoms with E-state index in [-0.39, 0.29) is 0 Å². The number of para-hydroxylation sites is 1. The number of nitrogens with zero attached hydrogens (tertiary/aromatic N) is 1. The Morgan fingerprint density at radius 3 is 2.17 bits per heavy atom. The molecule has 0 saturated heterocycles. The molecule has 29 heavy (non-hydrogen) atoms. The fourth-order valence-electron chi connectivity index (χ4n) is 4.14. The minimum Gasteiger partial charge on any atom is -0.354 e. The second-order valence-corrected chi connectivity index (χ2v) is 7.96. The van der Waals surface area contributed by atoms with Crippen LogP contribution in [0, 0.1) is 0 Å². The second-order valence-electron chi connectivity index (χ2n) is 7.96. The van der Waals surface area contributed by atoms with Crippen LogP contribution in [0.1, 0.15) is 69.8 Å². The highest BCUT2D eigenvalue weighted by atomic mass is 16.5. The molecule has 3 N–H and O–H groups in total. The van der Waals surface area contributed by atoms with Crippen molar-refractivity contribution in [2.24, 2.45) is 0 Å². The van der Waals surface area contributed by atoms with Crippen LogP contribution >= 0.6 is 0 Å². The molecule has 2 aromatic heterocycles. The summed E-state index contributed by atoms with van der Waals surface area (Å²) in [5, 5.41) is 9.89. The summed E-state index contributed by atoms with van der Waals surface area (Å²) in [4.78, 5) is 7.92. The molecule has 0 unspecified atom stereocenters. The molecule has 0 aliphatic heterocycles. The summed E-state index contributed by atoms with van der Waals surface area (Å²) in [6, 6.07) is 12.8. The van der Waals surface area contributed by atoms with Gasteiger partial charge in [0.1, 0.15) is 0 Å². The fourth-order valence-corrected chi connectivity index (χ4v) is 4.14. The van der Waals surface area contributed by atoms with Gasteiger partial charge in [0, 0.05) is 35.4 Å². The molecule has 0 aliphatic carbocycles. The van der Waals surface area contributed by atoms with E-state index in [0.29, 0.717) is 0 Å². The van der Waals surface area contributed by atoms with Crippen molar-refractivity contribution in [2.75, 3.05) is 6.54 Å². The van der Waals surface area contributed by atoms with E-state index in [1.54, 1.807) is 0 Å². The number of nitrogens with one attached hydrogen (secondary N) is 2. The zero-order valence-electron chi connectivity index (χ0n) is 17.5. The van der Waals surface area contributed by atoms with E-state index in [9.17, 15) is 0 Å². The van der Waals surface area contributed by atoms with Gasteiger partial charge in [-0.25, -0.2) is 5.48 Å². The maximum atomic E-state index is 8.54. The molecule has 4 heteroatoms. The van der Waals surface area contributed by atoms with Crippen molar-refractivity contribution in [3.05, 3.63) is 54.4 Å². The number of H-pyrrole nitrogens is 1. The predicted molar refractivity (Wildman–Crippen MR) is 121 cm³/mol. The molecular formula is C25H35N3O. The summed E-state index contributed by atoms with van der Waals surface area (Å²) in [6.45, 7) is 0.721. The highest BCUT2D eigenvalue weighted by molar-refractivity contribution is 5.90. The predicted octanol–water partition coefficient (Wildman–Crippen LogP) is 6.65. The molecule has 0 amide bonds. The van der Waals surface area contributed by atoms with Crippen LogP contribution < -0.4 is 5.48 Å². The third-order valence-electron chi connectivity index (χ3n) is 5.73. The number of rotatable bonds is 14. The Morgan fingerprint density at radius 1 is 0.793 bits per heavy atom. The van der Waals surface area contributed by atoms with Crippen molar-refractivity contribution in [2.45, 2.75) is 70.6 Å². The average molecular weight is 394 g/mol. The zero-order valence-corrected chi connectivity index (χ0v) is 17.5. The van der Waals surface area contributed by atoms with E-state index < -0.39 is 0 Å². The van der Waals surface area contributed by atoms with E-state index >= 15 is 0 Å². The number of benzene rings is 1. The van der Waals surface area contributed by atoms with E-state index in [4.69, 9.17) is 5.21 Å². The molecule has 1 aromatic carbocycles. The molecule has 0 saturated carbocycles. The normalized spacial score (nSPS) is 11.3. The molecule has 0 fully saturated rings. The Kier molecular flexibility index (Phi) is 9.21. The Balaban J connectivity index is 1.41. The molecule has 0 radical (unpaired) electrons. The number of fused-ring (bicyclic) bond motifs is 1. The van der Waals surface area contributed by atoms with Gasteiger partial charge in [-0.1, -0.05) is 69.6 Å². The van der Waals surface area contributed by atoms with Crippen molar-refractivity contribution < 1.29 is 5.21 Å². The number of unbranched alkanes of at least 4 members (excludes halogenated alkanes) is 9. The smallest absolute Gasteiger partial charge is 0.0512 e. The van der Waals surface area contributed by atoms with Crippen LogP contribution in [0.15, 0.2) is 48.8 Å². The van der Waals surface area contributed by atoms with E-state index in [0.717, 1.165) is 19.4 Å². The number of aryl methyl sites for hydroxylation is 1. The van der Waals surface area contributed by atoms with Gasteiger partial charge >= 0.3 is 0 Å².